The van der Waals surface area contributed by atoms with Crippen LogP contribution in [0.3, 0.4) is 0 Å². The zero-order valence-electron chi connectivity index (χ0n) is 8.82. The number of hydrogen-bond acceptors (Lipinski definition) is 3. The van der Waals surface area contributed by atoms with Crippen LogP contribution in [0.2, 0.25) is 0 Å². The normalized spacial score (nSPS) is 10.3. The summed E-state index contributed by atoms with van der Waals surface area (Å²) in [6.45, 7) is 7.63. The zero-order valence-corrected chi connectivity index (χ0v) is 8.82. The van der Waals surface area contributed by atoms with Gasteiger partial charge < -0.3 is 4.52 Å². The van der Waals surface area contributed by atoms with Gasteiger partial charge in [0.05, 0.1) is 0 Å². The summed E-state index contributed by atoms with van der Waals surface area (Å²) in [5.74, 6) is 1.10. The van der Waals surface area contributed by atoms with Crippen molar-refractivity contribution in [2.45, 2.75) is 13.8 Å². The molecule has 76 valence electrons. The Kier molecular flexibility index (Phi) is 2.37. The fourth-order valence-corrected chi connectivity index (χ4v) is 1.22. The molecule has 15 heavy (non-hydrogen) atoms. The van der Waals surface area contributed by atoms with Crippen molar-refractivity contribution in [2.75, 3.05) is 0 Å². The molecule has 1 aromatic heterocycles. The maximum Gasteiger partial charge on any atom is 0.253 e. The Morgan fingerprint density at radius 1 is 1.27 bits per heavy atom. The van der Waals surface area contributed by atoms with Crippen molar-refractivity contribution in [3.63, 3.8) is 0 Å². The van der Waals surface area contributed by atoms with Gasteiger partial charge in [0.25, 0.3) is 5.89 Å². The highest BCUT2D eigenvalue weighted by Crippen LogP contribution is 2.18. The van der Waals surface area contributed by atoms with Crippen molar-refractivity contribution in [3.05, 3.63) is 42.3 Å². The molecule has 3 heteroatoms. The topological polar surface area (TPSA) is 38.9 Å². The van der Waals surface area contributed by atoms with E-state index < -0.39 is 0 Å². The predicted octanol–water partition coefficient (Wildman–Crippen LogP) is 3.08. The SMILES string of the molecule is C=C(C)c1nc(-c2ccc(C)cc2)no1. The van der Waals surface area contributed by atoms with Crippen LogP contribution >= 0.6 is 0 Å². The molecule has 0 fully saturated rings. The molecular formula is C12H12N2O. The third-order valence-electron chi connectivity index (χ3n) is 2.10. The fourth-order valence-electron chi connectivity index (χ4n) is 1.22. The number of hydrogen-bond donors (Lipinski definition) is 0. The molecule has 0 saturated carbocycles. The fraction of sp³-hybridized carbons (Fsp3) is 0.167. The number of rotatable bonds is 2. The highest BCUT2D eigenvalue weighted by Gasteiger charge is 2.07. The minimum Gasteiger partial charge on any atom is -0.334 e. The number of nitrogens with zero attached hydrogens (tertiary/aromatic N) is 2. The standard InChI is InChI=1S/C12H12N2O/c1-8(2)12-13-11(14-15-12)10-6-4-9(3)5-7-10/h4-7H,1H2,2-3H3. The summed E-state index contributed by atoms with van der Waals surface area (Å²) >= 11 is 0. The number of allylic oxidation sites excluding steroid dienone is 1. The van der Waals surface area contributed by atoms with Crippen molar-refractivity contribution in [3.8, 4) is 11.4 Å². The van der Waals surface area contributed by atoms with Gasteiger partial charge >= 0.3 is 0 Å². The average Bonchev–Trinajstić information content (AvgIpc) is 2.68. The summed E-state index contributed by atoms with van der Waals surface area (Å²) in [4.78, 5) is 4.23. The molecule has 0 bridgehead atoms. The second kappa shape index (κ2) is 3.69. The second-order valence-electron chi connectivity index (χ2n) is 3.57. The van der Waals surface area contributed by atoms with E-state index in [1.165, 1.54) is 5.56 Å². The molecule has 1 heterocycles. The Morgan fingerprint density at radius 2 is 1.93 bits per heavy atom. The maximum absolute atomic E-state index is 5.05. The van der Waals surface area contributed by atoms with E-state index in [0.29, 0.717) is 11.7 Å². The molecule has 3 nitrogen and oxygen atoms in total. The van der Waals surface area contributed by atoms with Crippen molar-refractivity contribution >= 4 is 5.57 Å². The van der Waals surface area contributed by atoms with Crippen molar-refractivity contribution in [2.24, 2.45) is 0 Å². The minimum absolute atomic E-state index is 0.491. The van der Waals surface area contributed by atoms with Gasteiger partial charge in [-0.25, -0.2) is 0 Å². The molecule has 0 atom stereocenters. The van der Waals surface area contributed by atoms with Crippen LogP contribution in [0.25, 0.3) is 17.0 Å². The summed E-state index contributed by atoms with van der Waals surface area (Å²) < 4.78 is 5.05. The van der Waals surface area contributed by atoms with Crippen LogP contribution in [-0.2, 0) is 0 Å². The van der Waals surface area contributed by atoms with Gasteiger partial charge in [0, 0.05) is 11.1 Å². The van der Waals surface area contributed by atoms with Gasteiger partial charge in [0.2, 0.25) is 5.82 Å². The van der Waals surface area contributed by atoms with Gasteiger partial charge in [0.1, 0.15) is 0 Å². The predicted molar refractivity (Wildman–Crippen MR) is 59.2 cm³/mol. The van der Waals surface area contributed by atoms with Crippen LogP contribution in [0.5, 0.6) is 0 Å². The van der Waals surface area contributed by atoms with Crippen LogP contribution in [0.15, 0.2) is 35.4 Å². The molecule has 0 N–H and O–H groups in total. The Labute approximate surface area is 88.4 Å². The first-order valence-corrected chi connectivity index (χ1v) is 4.73. The monoisotopic (exact) mass is 200 g/mol. The summed E-state index contributed by atoms with van der Waals surface area (Å²) in [7, 11) is 0. The smallest absolute Gasteiger partial charge is 0.253 e. The van der Waals surface area contributed by atoms with E-state index in [9.17, 15) is 0 Å². The van der Waals surface area contributed by atoms with Gasteiger partial charge in [-0.15, -0.1) is 0 Å². The summed E-state index contributed by atoms with van der Waals surface area (Å²) in [6, 6.07) is 7.99. The molecule has 0 aliphatic rings. The summed E-state index contributed by atoms with van der Waals surface area (Å²) in [5, 5.41) is 3.89. The Hall–Kier alpha value is -1.90. The Morgan fingerprint density at radius 3 is 2.47 bits per heavy atom. The summed E-state index contributed by atoms with van der Waals surface area (Å²) in [6.07, 6.45) is 0. The minimum atomic E-state index is 0.491. The van der Waals surface area contributed by atoms with Crippen LogP contribution in [0, 0.1) is 6.92 Å². The quantitative estimate of drug-likeness (QED) is 0.747. The van der Waals surface area contributed by atoms with E-state index in [1.54, 1.807) is 0 Å². The highest BCUT2D eigenvalue weighted by atomic mass is 16.5. The first kappa shape index (κ1) is 9.65. The van der Waals surface area contributed by atoms with Gasteiger partial charge in [0.15, 0.2) is 0 Å². The summed E-state index contributed by atoms with van der Waals surface area (Å²) in [5.41, 5.74) is 2.94. The molecule has 0 amide bonds. The van der Waals surface area contributed by atoms with Crippen LogP contribution < -0.4 is 0 Å². The van der Waals surface area contributed by atoms with Gasteiger partial charge in [-0.1, -0.05) is 41.6 Å². The first-order valence-electron chi connectivity index (χ1n) is 4.73. The van der Waals surface area contributed by atoms with E-state index in [-0.39, 0.29) is 0 Å². The highest BCUT2D eigenvalue weighted by molar-refractivity contribution is 5.59. The lowest BCUT2D eigenvalue weighted by Crippen LogP contribution is -1.81. The molecule has 0 saturated heterocycles. The molecule has 0 aliphatic heterocycles. The van der Waals surface area contributed by atoms with E-state index in [2.05, 4.69) is 16.7 Å². The number of benzene rings is 1. The molecule has 0 radical (unpaired) electrons. The van der Waals surface area contributed by atoms with Gasteiger partial charge in [-0.05, 0) is 13.8 Å². The second-order valence-corrected chi connectivity index (χ2v) is 3.57. The molecule has 1 aromatic carbocycles. The number of aryl methyl sites for hydroxylation is 1. The van der Waals surface area contributed by atoms with Gasteiger partial charge in [-0.2, -0.15) is 4.98 Å². The molecule has 0 spiro atoms. The molecule has 0 aliphatic carbocycles. The van der Waals surface area contributed by atoms with Crippen LogP contribution in [0.4, 0.5) is 0 Å². The lowest BCUT2D eigenvalue weighted by Gasteiger charge is -1.94. The van der Waals surface area contributed by atoms with Crippen LogP contribution in [0.1, 0.15) is 18.4 Å². The van der Waals surface area contributed by atoms with Gasteiger partial charge in [-0.3, -0.25) is 0 Å². The Balaban J connectivity index is 2.37. The van der Waals surface area contributed by atoms with Crippen molar-refractivity contribution in [1.29, 1.82) is 0 Å². The lowest BCUT2D eigenvalue weighted by atomic mass is 10.1. The van der Waals surface area contributed by atoms with E-state index in [4.69, 9.17) is 4.52 Å². The van der Waals surface area contributed by atoms with E-state index in [1.807, 2.05) is 38.1 Å². The average molecular weight is 200 g/mol. The molecular weight excluding hydrogens is 188 g/mol. The molecule has 0 unspecified atom stereocenters. The number of aromatic nitrogens is 2. The van der Waals surface area contributed by atoms with Crippen molar-refractivity contribution in [1.82, 2.24) is 10.1 Å². The van der Waals surface area contributed by atoms with Crippen LogP contribution in [-0.4, -0.2) is 10.1 Å². The molecule has 2 rings (SSSR count). The van der Waals surface area contributed by atoms with E-state index >= 15 is 0 Å². The Bertz CT molecular complexity index is 483. The third kappa shape index (κ3) is 1.96. The van der Waals surface area contributed by atoms with Crippen molar-refractivity contribution < 1.29 is 4.52 Å². The molecule has 2 aromatic rings. The third-order valence-corrected chi connectivity index (χ3v) is 2.10. The van der Waals surface area contributed by atoms with E-state index in [0.717, 1.165) is 11.1 Å². The maximum atomic E-state index is 5.05. The largest absolute Gasteiger partial charge is 0.334 e. The first-order chi connectivity index (χ1) is 7.16. The zero-order chi connectivity index (χ0) is 10.8. The lowest BCUT2D eigenvalue weighted by molar-refractivity contribution is 0.408.